The second kappa shape index (κ2) is 9.33. The van der Waals surface area contributed by atoms with Gasteiger partial charge in [0.25, 0.3) is 0 Å². The van der Waals surface area contributed by atoms with E-state index in [1.54, 1.807) is 0 Å². The van der Waals surface area contributed by atoms with Gasteiger partial charge >= 0.3 is 18.2 Å². The van der Waals surface area contributed by atoms with Crippen LogP contribution in [0.4, 0.5) is 29.3 Å². The monoisotopic (exact) mass is 392 g/mol. The minimum Gasteiger partial charge on any atom is -0.495 e. The highest BCUT2D eigenvalue weighted by Gasteiger charge is 2.50. The standard InChI is InChI=1S/C17H23F3N2O5/c1-16(2,17(18,19)20)27-15(25)22-11-7-8-13(26-3)12(10-11)21-9-5-4-6-14(23)24/h7-8,10,21H,4-6,9H2,1-3H3,(H,22,25)(H,23,24). The van der Waals surface area contributed by atoms with E-state index in [1.165, 1.54) is 25.3 Å². The van der Waals surface area contributed by atoms with Gasteiger partial charge in [0, 0.05) is 18.7 Å². The molecule has 0 saturated heterocycles. The first-order valence-electron chi connectivity index (χ1n) is 8.16. The van der Waals surface area contributed by atoms with Gasteiger partial charge in [-0.15, -0.1) is 0 Å². The number of alkyl halides is 3. The molecule has 1 aromatic rings. The fourth-order valence-corrected chi connectivity index (χ4v) is 1.98. The fraction of sp³-hybridized carbons (Fsp3) is 0.529. The number of carbonyl (C=O) groups excluding carboxylic acids is 1. The average Bonchev–Trinajstić information content (AvgIpc) is 2.52. The zero-order valence-corrected chi connectivity index (χ0v) is 15.3. The van der Waals surface area contributed by atoms with Crippen LogP contribution in [-0.4, -0.2) is 42.6 Å². The predicted octanol–water partition coefficient (Wildman–Crippen LogP) is 4.25. The molecule has 0 aliphatic rings. The summed E-state index contributed by atoms with van der Waals surface area (Å²) in [6, 6.07) is 4.47. The van der Waals surface area contributed by atoms with Crippen LogP contribution in [0.3, 0.4) is 0 Å². The summed E-state index contributed by atoms with van der Waals surface area (Å²) in [5.74, 6) is -0.415. The summed E-state index contributed by atoms with van der Waals surface area (Å²) in [7, 11) is 1.44. The van der Waals surface area contributed by atoms with Crippen LogP contribution in [0.5, 0.6) is 5.75 Å². The molecule has 3 N–H and O–H groups in total. The summed E-state index contributed by atoms with van der Waals surface area (Å²) < 4.78 is 48.0. The lowest BCUT2D eigenvalue weighted by Crippen LogP contribution is -2.44. The number of rotatable bonds is 9. The van der Waals surface area contributed by atoms with Crippen molar-refractivity contribution >= 4 is 23.4 Å². The first-order chi connectivity index (χ1) is 12.5. The van der Waals surface area contributed by atoms with Crippen molar-refractivity contribution in [2.24, 2.45) is 0 Å². The third-order valence-electron chi connectivity index (χ3n) is 3.61. The smallest absolute Gasteiger partial charge is 0.427 e. The average molecular weight is 392 g/mol. The van der Waals surface area contributed by atoms with Crippen LogP contribution in [0, 0.1) is 0 Å². The number of hydrogen-bond donors (Lipinski definition) is 3. The molecule has 0 atom stereocenters. The maximum absolute atomic E-state index is 12.8. The number of methoxy groups -OCH3 is 1. The number of nitrogens with one attached hydrogen (secondary N) is 2. The molecule has 0 spiro atoms. The Labute approximate surface area is 154 Å². The quantitative estimate of drug-likeness (QED) is 0.544. The summed E-state index contributed by atoms with van der Waals surface area (Å²) >= 11 is 0. The van der Waals surface area contributed by atoms with E-state index in [1.807, 2.05) is 0 Å². The molecule has 0 aliphatic heterocycles. The van der Waals surface area contributed by atoms with Crippen LogP contribution < -0.4 is 15.4 Å². The molecule has 0 aliphatic carbocycles. The van der Waals surface area contributed by atoms with E-state index in [2.05, 4.69) is 15.4 Å². The number of hydrogen-bond acceptors (Lipinski definition) is 5. The molecule has 0 saturated carbocycles. The Morgan fingerprint density at radius 1 is 1.19 bits per heavy atom. The number of halogens is 3. The van der Waals surface area contributed by atoms with Crippen LogP contribution in [0.2, 0.25) is 0 Å². The van der Waals surface area contributed by atoms with Crippen molar-refractivity contribution in [2.75, 3.05) is 24.3 Å². The maximum atomic E-state index is 12.8. The Morgan fingerprint density at radius 3 is 2.41 bits per heavy atom. The largest absolute Gasteiger partial charge is 0.495 e. The van der Waals surface area contributed by atoms with Gasteiger partial charge in [0.1, 0.15) is 5.75 Å². The minimum absolute atomic E-state index is 0.0568. The number of carboxylic acid groups (broad SMARTS) is 1. The van der Waals surface area contributed by atoms with Crippen LogP contribution in [-0.2, 0) is 9.53 Å². The molecule has 10 heteroatoms. The number of benzene rings is 1. The minimum atomic E-state index is -4.70. The lowest BCUT2D eigenvalue weighted by atomic mass is 10.1. The van der Waals surface area contributed by atoms with Crippen LogP contribution >= 0.6 is 0 Å². The highest BCUT2D eigenvalue weighted by atomic mass is 19.4. The van der Waals surface area contributed by atoms with Gasteiger partial charge in [-0.2, -0.15) is 13.2 Å². The highest BCUT2D eigenvalue weighted by molar-refractivity contribution is 5.86. The van der Waals surface area contributed by atoms with E-state index >= 15 is 0 Å². The van der Waals surface area contributed by atoms with Gasteiger partial charge in [-0.25, -0.2) is 4.79 Å². The van der Waals surface area contributed by atoms with Gasteiger partial charge < -0.3 is 19.9 Å². The SMILES string of the molecule is COc1ccc(NC(=O)OC(C)(C)C(F)(F)F)cc1NCCCCC(=O)O. The molecule has 1 amide bonds. The lowest BCUT2D eigenvalue weighted by Gasteiger charge is -2.27. The molecule has 27 heavy (non-hydrogen) atoms. The van der Waals surface area contributed by atoms with Crippen molar-refractivity contribution < 1.29 is 37.3 Å². The van der Waals surface area contributed by atoms with Crippen molar-refractivity contribution in [1.29, 1.82) is 0 Å². The van der Waals surface area contributed by atoms with Gasteiger partial charge in [0.05, 0.1) is 12.8 Å². The van der Waals surface area contributed by atoms with Crippen LogP contribution in [0.25, 0.3) is 0 Å². The molecule has 0 fully saturated rings. The van der Waals surface area contributed by atoms with Crippen molar-refractivity contribution in [3.63, 3.8) is 0 Å². The Balaban J connectivity index is 2.71. The van der Waals surface area contributed by atoms with Gasteiger partial charge in [0.2, 0.25) is 5.60 Å². The van der Waals surface area contributed by atoms with E-state index in [4.69, 9.17) is 9.84 Å². The second-order valence-corrected chi connectivity index (χ2v) is 6.22. The van der Waals surface area contributed by atoms with Crippen molar-refractivity contribution in [3.05, 3.63) is 18.2 Å². The molecule has 0 radical (unpaired) electrons. The Kier molecular flexibility index (Phi) is 7.74. The zero-order chi connectivity index (χ0) is 20.7. The third kappa shape index (κ3) is 7.24. The number of anilines is 2. The fourth-order valence-electron chi connectivity index (χ4n) is 1.98. The Bertz CT molecular complexity index is 662. The van der Waals surface area contributed by atoms with E-state index < -0.39 is 23.8 Å². The molecular weight excluding hydrogens is 369 g/mol. The summed E-state index contributed by atoms with van der Waals surface area (Å²) in [6.45, 7) is 1.97. The summed E-state index contributed by atoms with van der Waals surface area (Å²) in [4.78, 5) is 22.2. The number of aliphatic carboxylic acids is 1. The predicted molar refractivity (Wildman–Crippen MR) is 93.2 cm³/mol. The number of carboxylic acids is 1. The van der Waals surface area contributed by atoms with Crippen molar-refractivity contribution in [1.82, 2.24) is 0 Å². The summed E-state index contributed by atoms with van der Waals surface area (Å²) in [5, 5.41) is 13.9. The molecular formula is C17H23F3N2O5. The molecule has 1 aromatic carbocycles. The van der Waals surface area contributed by atoms with Gasteiger partial charge in [-0.3, -0.25) is 10.1 Å². The molecule has 0 heterocycles. The maximum Gasteiger partial charge on any atom is 0.427 e. The third-order valence-corrected chi connectivity index (χ3v) is 3.61. The number of amides is 1. The van der Waals surface area contributed by atoms with Crippen LogP contribution in [0.1, 0.15) is 33.1 Å². The normalized spacial score (nSPS) is 11.6. The summed E-state index contributed by atoms with van der Waals surface area (Å²) in [5.41, 5.74) is -1.91. The highest BCUT2D eigenvalue weighted by Crippen LogP contribution is 2.33. The van der Waals surface area contributed by atoms with E-state index in [0.29, 0.717) is 30.8 Å². The first kappa shape index (κ1) is 22.4. The van der Waals surface area contributed by atoms with E-state index in [-0.39, 0.29) is 12.1 Å². The molecule has 0 unspecified atom stereocenters. The van der Waals surface area contributed by atoms with E-state index in [0.717, 1.165) is 13.8 Å². The number of unbranched alkanes of at least 4 members (excludes halogenated alkanes) is 1. The molecule has 152 valence electrons. The molecule has 7 nitrogen and oxygen atoms in total. The van der Waals surface area contributed by atoms with Gasteiger partial charge in [-0.05, 0) is 44.9 Å². The Morgan fingerprint density at radius 2 is 1.85 bits per heavy atom. The summed E-state index contributed by atoms with van der Waals surface area (Å²) in [6.07, 6.45) is -4.81. The van der Waals surface area contributed by atoms with Gasteiger partial charge in [-0.1, -0.05) is 0 Å². The molecule has 0 bridgehead atoms. The Hall–Kier alpha value is -2.65. The lowest BCUT2D eigenvalue weighted by molar-refractivity contribution is -0.242. The van der Waals surface area contributed by atoms with Crippen LogP contribution in [0.15, 0.2) is 18.2 Å². The van der Waals surface area contributed by atoms with Crippen molar-refractivity contribution in [3.8, 4) is 5.75 Å². The van der Waals surface area contributed by atoms with Gasteiger partial charge in [0.15, 0.2) is 0 Å². The van der Waals surface area contributed by atoms with Crippen molar-refractivity contribution in [2.45, 2.75) is 44.9 Å². The number of ether oxygens (including phenoxy) is 2. The van der Waals surface area contributed by atoms with E-state index in [9.17, 15) is 22.8 Å². The zero-order valence-electron chi connectivity index (χ0n) is 15.3. The number of carbonyl (C=O) groups is 2. The topological polar surface area (TPSA) is 96.9 Å². The molecule has 0 aromatic heterocycles. The second-order valence-electron chi connectivity index (χ2n) is 6.22. The molecule has 1 rings (SSSR count). The first-order valence-corrected chi connectivity index (χ1v) is 8.16.